The predicted octanol–water partition coefficient (Wildman–Crippen LogP) is 3.53. The van der Waals surface area contributed by atoms with Crippen molar-refractivity contribution in [3.8, 4) is 5.75 Å². The lowest BCUT2D eigenvalue weighted by molar-refractivity contribution is 0.101. The van der Waals surface area contributed by atoms with Gasteiger partial charge in [0, 0.05) is 24.8 Å². The van der Waals surface area contributed by atoms with Crippen LogP contribution < -0.4 is 9.64 Å². The van der Waals surface area contributed by atoms with Crippen molar-refractivity contribution in [2.45, 2.75) is 13.5 Å². The van der Waals surface area contributed by atoms with Crippen molar-refractivity contribution >= 4 is 11.5 Å². The number of carbonyl (C=O) groups excluding carboxylic acids is 1. The molecule has 3 heteroatoms. The van der Waals surface area contributed by atoms with E-state index in [0.717, 1.165) is 23.5 Å². The van der Waals surface area contributed by atoms with Crippen LogP contribution in [-0.4, -0.2) is 19.9 Å². The SMILES string of the molecule is COc1cccc(CN(C)c2ccc(C(C)=O)cc2)c1. The molecule has 0 saturated carbocycles. The van der Waals surface area contributed by atoms with E-state index in [0.29, 0.717) is 0 Å². The van der Waals surface area contributed by atoms with Crippen LogP contribution >= 0.6 is 0 Å². The average molecular weight is 269 g/mol. The molecule has 0 radical (unpaired) electrons. The average Bonchev–Trinajstić information content (AvgIpc) is 2.47. The molecule has 2 aromatic rings. The van der Waals surface area contributed by atoms with Crippen molar-refractivity contribution in [3.63, 3.8) is 0 Å². The Balaban J connectivity index is 2.10. The zero-order valence-corrected chi connectivity index (χ0v) is 12.1. The molecule has 20 heavy (non-hydrogen) atoms. The number of hydrogen-bond acceptors (Lipinski definition) is 3. The summed E-state index contributed by atoms with van der Waals surface area (Å²) in [4.78, 5) is 13.4. The highest BCUT2D eigenvalue weighted by molar-refractivity contribution is 5.94. The minimum atomic E-state index is 0.0898. The summed E-state index contributed by atoms with van der Waals surface area (Å²) < 4.78 is 5.23. The number of anilines is 1. The molecule has 2 aromatic carbocycles. The molecule has 0 unspecified atom stereocenters. The number of benzene rings is 2. The van der Waals surface area contributed by atoms with Gasteiger partial charge in [-0.1, -0.05) is 12.1 Å². The first-order chi connectivity index (χ1) is 9.60. The molecule has 0 atom stereocenters. The number of ketones is 1. The molecular formula is C17H19NO2. The van der Waals surface area contributed by atoms with Gasteiger partial charge in [-0.25, -0.2) is 0 Å². The molecule has 0 fully saturated rings. The molecule has 3 nitrogen and oxygen atoms in total. The van der Waals surface area contributed by atoms with E-state index in [1.807, 2.05) is 49.5 Å². The van der Waals surface area contributed by atoms with Crippen LogP contribution in [0.1, 0.15) is 22.8 Å². The van der Waals surface area contributed by atoms with E-state index in [1.165, 1.54) is 5.56 Å². The van der Waals surface area contributed by atoms with Gasteiger partial charge in [0.1, 0.15) is 5.75 Å². The summed E-state index contributed by atoms with van der Waals surface area (Å²) in [7, 11) is 3.70. The molecule has 0 aromatic heterocycles. The number of methoxy groups -OCH3 is 1. The Morgan fingerprint density at radius 1 is 1.15 bits per heavy atom. The fourth-order valence-electron chi connectivity index (χ4n) is 2.09. The van der Waals surface area contributed by atoms with E-state index in [9.17, 15) is 4.79 Å². The summed E-state index contributed by atoms with van der Waals surface area (Å²) in [6, 6.07) is 15.7. The Morgan fingerprint density at radius 3 is 2.45 bits per heavy atom. The lowest BCUT2D eigenvalue weighted by Crippen LogP contribution is -2.16. The molecule has 0 heterocycles. The first kappa shape index (κ1) is 14.1. The number of ether oxygens (including phenoxy) is 1. The molecule has 0 aliphatic carbocycles. The second kappa shape index (κ2) is 6.24. The summed E-state index contributed by atoms with van der Waals surface area (Å²) >= 11 is 0. The number of Topliss-reactive ketones (excluding diaryl/α,β-unsaturated/α-hetero) is 1. The second-order valence-electron chi connectivity index (χ2n) is 4.81. The zero-order chi connectivity index (χ0) is 14.5. The normalized spacial score (nSPS) is 10.2. The van der Waals surface area contributed by atoms with E-state index in [-0.39, 0.29) is 5.78 Å². The zero-order valence-electron chi connectivity index (χ0n) is 12.1. The second-order valence-corrected chi connectivity index (χ2v) is 4.81. The van der Waals surface area contributed by atoms with Crippen molar-refractivity contribution in [1.82, 2.24) is 0 Å². The number of carbonyl (C=O) groups is 1. The van der Waals surface area contributed by atoms with Crippen LogP contribution in [0.3, 0.4) is 0 Å². The third-order valence-corrected chi connectivity index (χ3v) is 3.27. The van der Waals surface area contributed by atoms with Gasteiger partial charge in [-0.3, -0.25) is 4.79 Å². The van der Waals surface area contributed by atoms with Crippen LogP contribution in [0.5, 0.6) is 5.75 Å². The maximum atomic E-state index is 11.3. The van der Waals surface area contributed by atoms with E-state index in [4.69, 9.17) is 4.74 Å². The van der Waals surface area contributed by atoms with Gasteiger partial charge in [0.15, 0.2) is 5.78 Å². The van der Waals surface area contributed by atoms with Crippen molar-refractivity contribution in [3.05, 3.63) is 59.7 Å². The quantitative estimate of drug-likeness (QED) is 0.778. The predicted molar refractivity (Wildman–Crippen MR) is 81.5 cm³/mol. The molecule has 0 amide bonds. The smallest absolute Gasteiger partial charge is 0.159 e. The molecule has 0 spiro atoms. The van der Waals surface area contributed by atoms with Gasteiger partial charge in [-0.2, -0.15) is 0 Å². The summed E-state index contributed by atoms with van der Waals surface area (Å²) in [5, 5.41) is 0. The lowest BCUT2D eigenvalue weighted by atomic mass is 10.1. The van der Waals surface area contributed by atoms with Gasteiger partial charge in [0.2, 0.25) is 0 Å². The third-order valence-electron chi connectivity index (χ3n) is 3.27. The maximum Gasteiger partial charge on any atom is 0.159 e. The molecule has 0 aliphatic rings. The highest BCUT2D eigenvalue weighted by Gasteiger charge is 2.04. The summed E-state index contributed by atoms with van der Waals surface area (Å²) in [6.45, 7) is 2.37. The van der Waals surface area contributed by atoms with E-state index in [1.54, 1.807) is 14.0 Å². The van der Waals surface area contributed by atoms with Crippen LogP contribution in [-0.2, 0) is 6.54 Å². The highest BCUT2D eigenvalue weighted by Crippen LogP contribution is 2.19. The van der Waals surface area contributed by atoms with Gasteiger partial charge in [-0.05, 0) is 48.9 Å². The first-order valence-corrected chi connectivity index (χ1v) is 6.55. The van der Waals surface area contributed by atoms with Crippen molar-refractivity contribution in [2.24, 2.45) is 0 Å². The largest absolute Gasteiger partial charge is 0.497 e. The molecule has 104 valence electrons. The molecule has 0 N–H and O–H groups in total. The Labute approximate surface area is 119 Å². The third kappa shape index (κ3) is 3.38. The lowest BCUT2D eigenvalue weighted by Gasteiger charge is -2.20. The molecule has 2 rings (SSSR count). The summed E-state index contributed by atoms with van der Waals surface area (Å²) in [5.74, 6) is 0.954. The number of rotatable bonds is 5. The van der Waals surface area contributed by atoms with E-state index in [2.05, 4.69) is 11.0 Å². The topological polar surface area (TPSA) is 29.5 Å². The van der Waals surface area contributed by atoms with Gasteiger partial charge in [0.25, 0.3) is 0 Å². The first-order valence-electron chi connectivity index (χ1n) is 6.55. The van der Waals surface area contributed by atoms with Gasteiger partial charge in [0.05, 0.1) is 7.11 Å². The molecule has 0 saturated heterocycles. The van der Waals surface area contributed by atoms with Crippen LogP contribution in [0, 0.1) is 0 Å². The monoisotopic (exact) mass is 269 g/mol. The number of nitrogens with zero attached hydrogens (tertiary/aromatic N) is 1. The van der Waals surface area contributed by atoms with Gasteiger partial charge >= 0.3 is 0 Å². The van der Waals surface area contributed by atoms with E-state index < -0.39 is 0 Å². The summed E-state index contributed by atoms with van der Waals surface area (Å²) in [6.07, 6.45) is 0. The Bertz CT molecular complexity index is 590. The molecule has 0 bridgehead atoms. The molecular weight excluding hydrogens is 250 g/mol. The van der Waals surface area contributed by atoms with Crippen LogP contribution in [0.25, 0.3) is 0 Å². The Hall–Kier alpha value is -2.29. The van der Waals surface area contributed by atoms with Gasteiger partial charge < -0.3 is 9.64 Å². The standard InChI is InChI=1S/C17H19NO2/c1-13(19)15-7-9-16(10-8-15)18(2)12-14-5-4-6-17(11-14)20-3/h4-11H,12H2,1-3H3. The van der Waals surface area contributed by atoms with Crippen LogP contribution in [0.2, 0.25) is 0 Å². The minimum absolute atomic E-state index is 0.0898. The molecule has 0 aliphatic heterocycles. The Morgan fingerprint density at radius 2 is 1.85 bits per heavy atom. The van der Waals surface area contributed by atoms with Crippen LogP contribution in [0.15, 0.2) is 48.5 Å². The van der Waals surface area contributed by atoms with Crippen molar-refractivity contribution < 1.29 is 9.53 Å². The van der Waals surface area contributed by atoms with Crippen molar-refractivity contribution in [2.75, 3.05) is 19.1 Å². The van der Waals surface area contributed by atoms with Gasteiger partial charge in [-0.15, -0.1) is 0 Å². The fraction of sp³-hybridized carbons (Fsp3) is 0.235. The van der Waals surface area contributed by atoms with Crippen LogP contribution in [0.4, 0.5) is 5.69 Å². The fourth-order valence-corrected chi connectivity index (χ4v) is 2.09. The van der Waals surface area contributed by atoms with E-state index >= 15 is 0 Å². The number of hydrogen-bond donors (Lipinski definition) is 0. The summed E-state index contributed by atoms with van der Waals surface area (Å²) in [5.41, 5.74) is 3.00. The Kier molecular flexibility index (Phi) is 4.41. The highest BCUT2D eigenvalue weighted by atomic mass is 16.5. The minimum Gasteiger partial charge on any atom is -0.497 e. The maximum absolute atomic E-state index is 11.3. The van der Waals surface area contributed by atoms with Crippen molar-refractivity contribution in [1.29, 1.82) is 0 Å².